The number of fused-ring (bicyclic) bond motifs is 3. The number of rotatable bonds is 2. The maximum Gasteiger partial charge on any atom is 0.0802 e. The fourth-order valence-electron chi connectivity index (χ4n) is 3.23. The second-order valence-electron chi connectivity index (χ2n) is 5.50. The molecule has 2 heteroatoms. The smallest absolute Gasteiger partial charge is 0.0802 e. The molecular formula is C20H16N2. The van der Waals surface area contributed by atoms with E-state index in [4.69, 9.17) is 0 Å². The van der Waals surface area contributed by atoms with Crippen molar-refractivity contribution in [3.05, 3.63) is 65.9 Å². The molecule has 0 saturated carbocycles. The van der Waals surface area contributed by atoms with E-state index in [9.17, 15) is 0 Å². The first-order chi connectivity index (χ1) is 10.9. The summed E-state index contributed by atoms with van der Waals surface area (Å²) >= 11 is 0. The van der Waals surface area contributed by atoms with Crippen molar-refractivity contribution in [1.29, 1.82) is 0 Å². The van der Waals surface area contributed by atoms with Crippen molar-refractivity contribution in [3.8, 4) is 11.3 Å². The van der Waals surface area contributed by atoms with Gasteiger partial charge >= 0.3 is 0 Å². The van der Waals surface area contributed by atoms with Crippen molar-refractivity contribution in [1.82, 2.24) is 4.98 Å². The van der Waals surface area contributed by atoms with E-state index in [2.05, 4.69) is 53.1 Å². The van der Waals surface area contributed by atoms with E-state index in [1.54, 1.807) is 0 Å². The molecule has 0 radical (unpaired) electrons. The van der Waals surface area contributed by atoms with E-state index in [0.29, 0.717) is 0 Å². The average Bonchev–Trinajstić information content (AvgIpc) is 2.61. The number of aromatic nitrogens is 1. The van der Waals surface area contributed by atoms with E-state index in [0.717, 1.165) is 29.8 Å². The lowest BCUT2D eigenvalue weighted by molar-refractivity contribution is 0.997. The van der Waals surface area contributed by atoms with Gasteiger partial charge in [0.25, 0.3) is 0 Å². The Morgan fingerprint density at radius 2 is 1.91 bits per heavy atom. The molecule has 0 amide bonds. The number of hydrogen-bond donors (Lipinski definition) is 0. The summed E-state index contributed by atoms with van der Waals surface area (Å²) in [5.74, 6) is 0. The number of para-hydroxylation sites is 1. The van der Waals surface area contributed by atoms with Gasteiger partial charge in [-0.15, -0.1) is 0 Å². The summed E-state index contributed by atoms with van der Waals surface area (Å²) < 4.78 is 0. The number of nitrogens with zero attached hydrogens (tertiary/aromatic N) is 2. The van der Waals surface area contributed by atoms with Crippen LogP contribution in [0, 0.1) is 0 Å². The van der Waals surface area contributed by atoms with Crippen LogP contribution < -0.4 is 0 Å². The minimum atomic E-state index is 0.875. The zero-order chi connectivity index (χ0) is 14.9. The first-order valence-electron chi connectivity index (χ1n) is 7.52. The Morgan fingerprint density at radius 1 is 1.00 bits per heavy atom. The molecule has 0 spiro atoms. The summed E-state index contributed by atoms with van der Waals surface area (Å²) in [7, 11) is 0. The van der Waals surface area contributed by atoms with Gasteiger partial charge in [0, 0.05) is 17.1 Å². The SMILES string of the molecule is C=Nc1ccccc1-c1nccc2c3c(ccc12)C=CCC3. The van der Waals surface area contributed by atoms with Crippen LogP contribution >= 0.6 is 0 Å². The highest BCUT2D eigenvalue weighted by molar-refractivity contribution is 6.00. The van der Waals surface area contributed by atoms with E-state index in [-0.39, 0.29) is 0 Å². The van der Waals surface area contributed by atoms with Crippen molar-refractivity contribution in [2.75, 3.05) is 0 Å². The highest BCUT2D eigenvalue weighted by atomic mass is 14.7. The molecule has 2 nitrogen and oxygen atoms in total. The van der Waals surface area contributed by atoms with Crippen molar-refractivity contribution >= 4 is 29.3 Å². The van der Waals surface area contributed by atoms with Gasteiger partial charge in [-0.1, -0.05) is 42.5 Å². The van der Waals surface area contributed by atoms with Crippen LogP contribution in [0.4, 0.5) is 5.69 Å². The average molecular weight is 284 g/mol. The molecule has 1 aliphatic carbocycles. The van der Waals surface area contributed by atoms with Gasteiger partial charge in [0.2, 0.25) is 0 Å². The van der Waals surface area contributed by atoms with Gasteiger partial charge in [-0.25, -0.2) is 0 Å². The predicted molar refractivity (Wildman–Crippen MR) is 93.7 cm³/mol. The van der Waals surface area contributed by atoms with Gasteiger partial charge in [0.15, 0.2) is 0 Å². The van der Waals surface area contributed by atoms with E-state index in [1.165, 1.54) is 21.9 Å². The Labute approximate surface area is 129 Å². The lowest BCUT2D eigenvalue weighted by Gasteiger charge is -2.15. The van der Waals surface area contributed by atoms with Crippen LogP contribution in [0.2, 0.25) is 0 Å². The second-order valence-corrected chi connectivity index (χ2v) is 5.50. The molecule has 0 bridgehead atoms. The van der Waals surface area contributed by atoms with E-state index in [1.807, 2.05) is 24.4 Å². The van der Waals surface area contributed by atoms with Gasteiger partial charge in [-0.05, 0) is 48.2 Å². The lowest BCUT2D eigenvalue weighted by atomic mass is 9.90. The van der Waals surface area contributed by atoms with Gasteiger partial charge in [0.1, 0.15) is 0 Å². The van der Waals surface area contributed by atoms with Crippen LogP contribution in [0.15, 0.2) is 59.7 Å². The third kappa shape index (κ3) is 1.96. The molecule has 3 aromatic rings. The normalized spacial score (nSPS) is 13.1. The number of hydrogen-bond acceptors (Lipinski definition) is 2. The second kappa shape index (κ2) is 5.23. The zero-order valence-corrected chi connectivity index (χ0v) is 12.3. The van der Waals surface area contributed by atoms with Gasteiger partial charge in [-0.2, -0.15) is 0 Å². The standard InChI is InChI=1S/C20H16N2/c1-21-19-9-5-4-8-18(19)20-17-11-10-14-6-2-3-7-15(14)16(17)12-13-22-20/h2,4-6,8-13H,1,3,7H2. The van der Waals surface area contributed by atoms with Gasteiger partial charge in [0.05, 0.1) is 11.4 Å². The number of aryl methyl sites for hydroxylation is 1. The van der Waals surface area contributed by atoms with E-state index >= 15 is 0 Å². The largest absolute Gasteiger partial charge is 0.264 e. The number of pyridine rings is 1. The first kappa shape index (κ1) is 13.0. The van der Waals surface area contributed by atoms with Crippen molar-refractivity contribution < 1.29 is 0 Å². The number of aliphatic imine (C=N–C) groups is 1. The van der Waals surface area contributed by atoms with Crippen LogP contribution in [0.3, 0.4) is 0 Å². The molecule has 1 heterocycles. The fraction of sp³-hybridized carbons (Fsp3) is 0.100. The maximum atomic E-state index is 4.63. The van der Waals surface area contributed by atoms with Crippen molar-refractivity contribution in [2.24, 2.45) is 4.99 Å². The highest BCUT2D eigenvalue weighted by Gasteiger charge is 2.14. The third-order valence-corrected chi connectivity index (χ3v) is 4.28. The van der Waals surface area contributed by atoms with Crippen LogP contribution in [0.1, 0.15) is 17.5 Å². The minimum absolute atomic E-state index is 0.875. The summed E-state index contributed by atoms with van der Waals surface area (Å²) in [6, 6.07) is 14.5. The molecule has 1 aliphatic rings. The van der Waals surface area contributed by atoms with Crippen LogP contribution in [0.5, 0.6) is 0 Å². The van der Waals surface area contributed by atoms with Crippen molar-refractivity contribution in [3.63, 3.8) is 0 Å². The Hall–Kier alpha value is -2.74. The van der Waals surface area contributed by atoms with E-state index < -0.39 is 0 Å². The molecule has 0 saturated heterocycles. The highest BCUT2D eigenvalue weighted by Crippen LogP contribution is 2.36. The topological polar surface area (TPSA) is 25.2 Å². The molecular weight excluding hydrogens is 268 g/mol. The Bertz CT molecular complexity index is 907. The zero-order valence-electron chi connectivity index (χ0n) is 12.3. The molecule has 106 valence electrons. The molecule has 0 atom stereocenters. The number of allylic oxidation sites excluding steroid dienone is 1. The van der Waals surface area contributed by atoms with Crippen LogP contribution in [-0.4, -0.2) is 11.7 Å². The Morgan fingerprint density at radius 3 is 2.82 bits per heavy atom. The predicted octanol–water partition coefficient (Wildman–Crippen LogP) is 5.19. The summed E-state index contributed by atoms with van der Waals surface area (Å²) in [5.41, 5.74) is 5.64. The first-order valence-corrected chi connectivity index (χ1v) is 7.52. The number of benzene rings is 2. The monoisotopic (exact) mass is 284 g/mol. The fourth-order valence-corrected chi connectivity index (χ4v) is 3.23. The molecule has 22 heavy (non-hydrogen) atoms. The lowest BCUT2D eigenvalue weighted by Crippen LogP contribution is -1.97. The van der Waals surface area contributed by atoms with Crippen LogP contribution in [-0.2, 0) is 6.42 Å². The van der Waals surface area contributed by atoms with Crippen molar-refractivity contribution in [2.45, 2.75) is 12.8 Å². The molecule has 0 fully saturated rings. The molecule has 0 N–H and O–H groups in total. The summed E-state index contributed by atoms with van der Waals surface area (Å²) in [6.07, 6.45) is 8.56. The van der Waals surface area contributed by atoms with Crippen LogP contribution in [0.25, 0.3) is 28.1 Å². The summed E-state index contributed by atoms with van der Waals surface area (Å²) in [6.45, 7) is 3.68. The van der Waals surface area contributed by atoms with Gasteiger partial charge in [-0.3, -0.25) is 9.98 Å². The summed E-state index contributed by atoms with van der Waals surface area (Å²) in [4.78, 5) is 8.77. The molecule has 1 aromatic heterocycles. The van der Waals surface area contributed by atoms with Gasteiger partial charge < -0.3 is 0 Å². The summed E-state index contributed by atoms with van der Waals surface area (Å²) in [5, 5.41) is 2.48. The molecule has 0 aliphatic heterocycles. The maximum absolute atomic E-state index is 4.63. The molecule has 0 unspecified atom stereocenters. The third-order valence-electron chi connectivity index (χ3n) is 4.28. The Kier molecular flexibility index (Phi) is 3.08. The Balaban J connectivity index is 2.04. The molecule has 2 aromatic carbocycles. The minimum Gasteiger partial charge on any atom is -0.264 e. The molecule has 4 rings (SSSR count). The quantitative estimate of drug-likeness (QED) is 0.594.